The predicted molar refractivity (Wildman–Crippen MR) is 126 cm³/mol. The fourth-order valence-corrected chi connectivity index (χ4v) is 5.18. The number of fused-ring (bicyclic) bond motifs is 2. The Hall–Kier alpha value is -2.69. The van der Waals surface area contributed by atoms with E-state index < -0.39 is 11.6 Å². The molecule has 8 nitrogen and oxygen atoms in total. The zero-order valence-electron chi connectivity index (χ0n) is 18.9. The molecule has 1 saturated heterocycles. The first kappa shape index (κ1) is 23.1. The number of pyridine rings is 1. The summed E-state index contributed by atoms with van der Waals surface area (Å²) in [6.45, 7) is 1.99. The third kappa shape index (κ3) is 5.03. The van der Waals surface area contributed by atoms with Crippen LogP contribution < -0.4 is 14.8 Å². The zero-order chi connectivity index (χ0) is 23.5. The number of halogens is 1. The van der Waals surface area contributed by atoms with Crippen LogP contribution in [0, 0.1) is 5.82 Å². The molecule has 0 aliphatic carbocycles. The minimum absolute atomic E-state index is 0.0174. The fraction of sp³-hybridized carbons (Fsp3) is 0.458. The highest BCUT2D eigenvalue weighted by Gasteiger charge is 2.24. The third-order valence-electron chi connectivity index (χ3n) is 6.18. The van der Waals surface area contributed by atoms with Crippen LogP contribution in [0.5, 0.6) is 17.4 Å². The van der Waals surface area contributed by atoms with E-state index >= 15 is 0 Å². The van der Waals surface area contributed by atoms with Crippen LogP contribution in [0.4, 0.5) is 4.39 Å². The topological polar surface area (TPSA) is 98.6 Å². The molecule has 4 heterocycles. The maximum Gasteiger partial charge on any atom is 0.232 e. The van der Waals surface area contributed by atoms with Gasteiger partial charge in [-0.1, -0.05) is 0 Å². The lowest BCUT2D eigenvalue weighted by Gasteiger charge is -2.30. The molecule has 1 fully saturated rings. The lowest BCUT2D eigenvalue weighted by molar-refractivity contribution is -0.00710. The van der Waals surface area contributed by atoms with Crippen molar-refractivity contribution in [2.75, 3.05) is 26.1 Å². The van der Waals surface area contributed by atoms with Crippen LogP contribution in [0.3, 0.4) is 0 Å². The van der Waals surface area contributed by atoms with Crippen LogP contribution in [0.2, 0.25) is 0 Å². The van der Waals surface area contributed by atoms with Gasteiger partial charge in [0.1, 0.15) is 0 Å². The van der Waals surface area contributed by atoms with Gasteiger partial charge in [0.05, 0.1) is 60.4 Å². The summed E-state index contributed by atoms with van der Waals surface area (Å²) in [5, 5.41) is 13.5. The molecule has 2 N–H and O–H groups in total. The number of aromatic hydroxyl groups is 1. The molecule has 2 aliphatic rings. The van der Waals surface area contributed by atoms with Gasteiger partial charge in [-0.3, -0.25) is 4.98 Å². The maximum absolute atomic E-state index is 14.7. The highest BCUT2D eigenvalue weighted by atomic mass is 32.2. The Morgan fingerprint density at radius 1 is 1.26 bits per heavy atom. The van der Waals surface area contributed by atoms with Crippen molar-refractivity contribution in [3.05, 3.63) is 41.6 Å². The Bertz CT molecular complexity index is 1170. The molecule has 0 spiro atoms. The molecule has 0 bridgehead atoms. The van der Waals surface area contributed by atoms with Crippen molar-refractivity contribution >= 4 is 22.8 Å². The summed E-state index contributed by atoms with van der Waals surface area (Å²) in [4.78, 5) is 14.2. The number of aromatic nitrogens is 3. The van der Waals surface area contributed by atoms with Gasteiger partial charge in [-0.2, -0.15) is 0 Å². The summed E-state index contributed by atoms with van der Waals surface area (Å²) >= 11 is 1.80. The van der Waals surface area contributed by atoms with E-state index in [0.717, 1.165) is 41.5 Å². The fourth-order valence-electron chi connectivity index (χ4n) is 4.32. The molecule has 2 aromatic heterocycles. The summed E-state index contributed by atoms with van der Waals surface area (Å²) in [6.07, 6.45) is 6.12. The zero-order valence-corrected chi connectivity index (χ0v) is 19.7. The molecule has 2 atom stereocenters. The summed E-state index contributed by atoms with van der Waals surface area (Å²) in [5.41, 5.74) is 2.17. The number of methoxy groups -OCH3 is 1. The minimum atomic E-state index is -0.661. The number of hydrogen-bond acceptors (Lipinski definition) is 9. The molecular weight excluding hydrogens is 459 g/mol. The monoisotopic (exact) mass is 486 g/mol. The Balaban J connectivity index is 1.15. The average molecular weight is 487 g/mol. The van der Waals surface area contributed by atoms with E-state index in [1.165, 1.54) is 19.4 Å². The third-order valence-corrected chi connectivity index (χ3v) is 7.18. The number of nitrogens with zero attached hydrogens (tertiary/aromatic N) is 3. The molecule has 1 aromatic carbocycles. The van der Waals surface area contributed by atoms with E-state index in [1.807, 2.05) is 0 Å². The van der Waals surface area contributed by atoms with Gasteiger partial charge in [-0.25, -0.2) is 14.4 Å². The first-order chi connectivity index (χ1) is 16.6. The highest BCUT2D eigenvalue weighted by molar-refractivity contribution is 7.99. The van der Waals surface area contributed by atoms with Crippen LogP contribution in [0.1, 0.15) is 30.5 Å². The largest absolute Gasteiger partial charge is 0.505 e. The van der Waals surface area contributed by atoms with Crippen molar-refractivity contribution in [3.8, 4) is 17.4 Å². The first-order valence-corrected chi connectivity index (χ1v) is 12.4. The number of hydrogen-bond donors (Lipinski definition) is 2. The number of phenolic OH excluding ortho intramolecular Hbond substituents is 1. The predicted octanol–water partition coefficient (Wildman–Crippen LogP) is 3.63. The van der Waals surface area contributed by atoms with Gasteiger partial charge in [0.2, 0.25) is 5.88 Å². The second kappa shape index (κ2) is 10.3. The number of thioether (sulfide) groups is 1. The number of ether oxygens (including phenoxy) is 3. The molecule has 5 rings (SSSR count). The van der Waals surface area contributed by atoms with Crippen LogP contribution in [0.25, 0.3) is 11.0 Å². The van der Waals surface area contributed by atoms with E-state index in [2.05, 4.69) is 26.3 Å². The molecule has 34 heavy (non-hydrogen) atoms. The Kier molecular flexibility index (Phi) is 6.98. The van der Waals surface area contributed by atoms with Crippen LogP contribution in [0.15, 0.2) is 29.4 Å². The van der Waals surface area contributed by atoms with Crippen molar-refractivity contribution in [2.24, 2.45) is 0 Å². The van der Waals surface area contributed by atoms with Gasteiger partial charge in [0.15, 0.2) is 17.3 Å². The molecule has 0 radical (unpaired) electrons. The Morgan fingerprint density at radius 2 is 2.18 bits per heavy atom. The van der Waals surface area contributed by atoms with Crippen molar-refractivity contribution in [2.45, 2.75) is 49.3 Å². The van der Waals surface area contributed by atoms with Crippen LogP contribution in [-0.4, -0.2) is 58.3 Å². The smallest absolute Gasteiger partial charge is 0.232 e. The second-order valence-corrected chi connectivity index (χ2v) is 9.57. The molecule has 0 saturated carbocycles. The van der Waals surface area contributed by atoms with E-state index in [-0.39, 0.29) is 12.1 Å². The van der Waals surface area contributed by atoms with Gasteiger partial charge in [0.25, 0.3) is 0 Å². The van der Waals surface area contributed by atoms with E-state index in [9.17, 15) is 9.50 Å². The van der Waals surface area contributed by atoms with Gasteiger partial charge >= 0.3 is 0 Å². The quantitative estimate of drug-likeness (QED) is 0.519. The van der Waals surface area contributed by atoms with Crippen molar-refractivity contribution in [1.82, 2.24) is 20.3 Å². The van der Waals surface area contributed by atoms with Crippen LogP contribution >= 0.6 is 11.8 Å². The molecule has 0 unspecified atom stereocenters. The van der Waals surface area contributed by atoms with Crippen molar-refractivity contribution in [1.29, 1.82) is 0 Å². The number of benzene rings is 1. The summed E-state index contributed by atoms with van der Waals surface area (Å²) in [5.74, 6) is 1.05. The molecular formula is C24H27FN4O4S. The second-order valence-electron chi connectivity index (χ2n) is 8.44. The summed E-state index contributed by atoms with van der Waals surface area (Å²) in [7, 11) is 1.49. The molecule has 3 aromatic rings. The van der Waals surface area contributed by atoms with Crippen molar-refractivity contribution < 1.29 is 23.7 Å². The molecule has 180 valence electrons. The molecule has 0 amide bonds. The van der Waals surface area contributed by atoms with E-state index in [1.54, 1.807) is 18.0 Å². The standard InChI is InChI=1S/C24H27FN4O4S/c1-31-22-12-28-18-9-19(30)23(25)17(24(18)29-22)5-4-16-3-2-14(13-33-16)26-10-15-8-21-20(11-27-15)32-6-7-34-21/h8-9,11-12,14,16,26,30H,2-7,10,13H2,1H3/t14-,16-/m1/s1. The average Bonchev–Trinajstić information content (AvgIpc) is 2.88. The summed E-state index contributed by atoms with van der Waals surface area (Å²) < 4.78 is 31.5. The Labute approximate surface area is 201 Å². The lowest BCUT2D eigenvalue weighted by atomic mass is 9.98. The van der Waals surface area contributed by atoms with Crippen LogP contribution in [-0.2, 0) is 17.7 Å². The van der Waals surface area contributed by atoms with Gasteiger partial charge in [-0.15, -0.1) is 11.8 Å². The highest BCUT2D eigenvalue weighted by Crippen LogP contribution is 2.33. The molecule has 2 aliphatic heterocycles. The van der Waals surface area contributed by atoms with E-state index in [0.29, 0.717) is 48.5 Å². The van der Waals surface area contributed by atoms with Gasteiger partial charge in [-0.05, 0) is 31.7 Å². The van der Waals surface area contributed by atoms with Crippen molar-refractivity contribution in [3.63, 3.8) is 0 Å². The SMILES string of the molecule is COc1cnc2cc(O)c(F)c(CC[C@H]3CC[C@@H](NCc4cc5c(cn4)OCCS5)CO3)c2n1. The van der Waals surface area contributed by atoms with Gasteiger partial charge in [0, 0.05) is 30.0 Å². The molecule has 10 heteroatoms. The summed E-state index contributed by atoms with van der Waals surface area (Å²) in [6, 6.07) is 3.62. The number of nitrogens with one attached hydrogen (secondary N) is 1. The van der Waals surface area contributed by atoms with E-state index in [4.69, 9.17) is 14.2 Å². The number of aryl methyl sites for hydroxylation is 1. The number of rotatable bonds is 7. The normalized spacial score (nSPS) is 20.1. The minimum Gasteiger partial charge on any atom is -0.505 e. The number of phenols is 1. The Morgan fingerprint density at radius 3 is 3.00 bits per heavy atom. The lowest BCUT2D eigenvalue weighted by Crippen LogP contribution is -2.39. The first-order valence-electron chi connectivity index (χ1n) is 11.4. The maximum atomic E-state index is 14.7. The van der Waals surface area contributed by atoms with Gasteiger partial charge < -0.3 is 24.6 Å².